The number of carbonyl (C=O) groups excluding carboxylic acids is 1. The number of hydrogen-bond acceptors (Lipinski definition) is 10. The molecule has 6 rings (SSSR count). The molecule has 2 saturated heterocycles. The first-order valence-corrected chi connectivity index (χ1v) is 13.7. The fourth-order valence-electron chi connectivity index (χ4n) is 5.30. The lowest BCUT2D eigenvalue weighted by molar-refractivity contribution is -0.122. The second-order valence-electron chi connectivity index (χ2n) is 9.69. The number of aldehydes is 1. The van der Waals surface area contributed by atoms with E-state index < -0.39 is 0 Å². The SMILES string of the molecule is COc1cc(N2CCN(C(C=O)N3CCOCC3)CC2)ccc1Nc1ncc(Cl)c(-c2cnc3ccccn23)n1. The van der Waals surface area contributed by atoms with Gasteiger partial charge in [0.1, 0.15) is 23.3 Å². The van der Waals surface area contributed by atoms with E-state index >= 15 is 0 Å². The first-order chi connectivity index (χ1) is 19.6. The number of methoxy groups -OCH3 is 1. The number of imidazole rings is 1. The van der Waals surface area contributed by atoms with E-state index in [0.29, 0.717) is 35.6 Å². The van der Waals surface area contributed by atoms with Gasteiger partial charge in [-0.1, -0.05) is 17.7 Å². The van der Waals surface area contributed by atoms with Gasteiger partial charge in [0.25, 0.3) is 0 Å². The van der Waals surface area contributed by atoms with Crippen LogP contribution in [0, 0.1) is 0 Å². The van der Waals surface area contributed by atoms with Gasteiger partial charge in [-0.15, -0.1) is 0 Å². The minimum absolute atomic E-state index is 0.197. The van der Waals surface area contributed by atoms with Crippen molar-refractivity contribution in [3.05, 3.63) is 60.0 Å². The Balaban J connectivity index is 1.16. The molecular weight excluding hydrogens is 532 g/mol. The minimum atomic E-state index is -0.197. The van der Waals surface area contributed by atoms with E-state index in [1.807, 2.05) is 40.9 Å². The highest BCUT2D eigenvalue weighted by atomic mass is 35.5. The Bertz CT molecular complexity index is 1480. The van der Waals surface area contributed by atoms with Crippen LogP contribution in [0.15, 0.2) is 55.0 Å². The zero-order valence-electron chi connectivity index (χ0n) is 22.2. The van der Waals surface area contributed by atoms with Gasteiger partial charge in [0.15, 0.2) is 6.29 Å². The molecular formula is C28H31ClN8O3. The molecule has 40 heavy (non-hydrogen) atoms. The summed E-state index contributed by atoms with van der Waals surface area (Å²) >= 11 is 6.48. The summed E-state index contributed by atoms with van der Waals surface area (Å²) in [4.78, 5) is 32.2. The molecule has 1 aromatic carbocycles. The molecule has 1 N–H and O–H groups in total. The van der Waals surface area contributed by atoms with Gasteiger partial charge in [0.2, 0.25) is 5.95 Å². The number of rotatable bonds is 8. The second-order valence-corrected chi connectivity index (χ2v) is 10.1. The number of pyridine rings is 1. The van der Waals surface area contributed by atoms with Crippen LogP contribution in [-0.4, -0.2) is 101 Å². The third kappa shape index (κ3) is 5.33. The first-order valence-electron chi connectivity index (χ1n) is 13.3. The lowest BCUT2D eigenvalue weighted by atomic mass is 10.2. The van der Waals surface area contributed by atoms with Gasteiger partial charge < -0.3 is 24.5 Å². The predicted molar refractivity (Wildman–Crippen MR) is 154 cm³/mol. The van der Waals surface area contributed by atoms with Crippen LogP contribution in [0.3, 0.4) is 0 Å². The average molecular weight is 563 g/mol. The van der Waals surface area contributed by atoms with Crippen LogP contribution in [0.4, 0.5) is 17.3 Å². The normalized spacial score (nSPS) is 17.6. The smallest absolute Gasteiger partial charge is 0.227 e. The molecule has 0 saturated carbocycles. The Labute approximate surface area is 237 Å². The number of benzene rings is 1. The maximum atomic E-state index is 11.9. The van der Waals surface area contributed by atoms with E-state index in [9.17, 15) is 4.79 Å². The Morgan fingerprint density at radius 1 is 1.02 bits per heavy atom. The van der Waals surface area contributed by atoms with Crippen molar-refractivity contribution in [2.24, 2.45) is 0 Å². The van der Waals surface area contributed by atoms with E-state index in [0.717, 1.165) is 68.3 Å². The molecule has 0 aliphatic carbocycles. The van der Waals surface area contributed by atoms with Crippen molar-refractivity contribution in [2.75, 3.05) is 69.8 Å². The predicted octanol–water partition coefficient (Wildman–Crippen LogP) is 3.18. The molecule has 3 aromatic heterocycles. The van der Waals surface area contributed by atoms with Crippen LogP contribution in [-0.2, 0) is 9.53 Å². The lowest BCUT2D eigenvalue weighted by Gasteiger charge is -2.43. The number of aromatic nitrogens is 4. The zero-order valence-corrected chi connectivity index (χ0v) is 23.0. The molecule has 1 atom stereocenters. The highest BCUT2D eigenvalue weighted by Crippen LogP contribution is 2.33. The second kappa shape index (κ2) is 11.8. The van der Waals surface area contributed by atoms with Gasteiger partial charge in [0, 0.05) is 57.2 Å². The zero-order chi connectivity index (χ0) is 27.5. The number of anilines is 3. The molecule has 0 spiro atoms. The van der Waals surface area contributed by atoms with Crippen molar-refractivity contribution >= 4 is 40.9 Å². The van der Waals surface area contributed by atoms with Gasteiger partial charge in [-0.2, -0.15) is 0 Å². The quantitative estimate of drug-likeness (QED) is 0.322. The molecule has 11 nitrogen and oxygen atoms in total. The Hall–Kier alpha value is -3.77. The molecule has 0 amide bonds. The third-order valence-corrected chi connectivity index (χ3v) is 7.71. The van der Waals surface area contributed by atoms with E-state index in [1.165, 1.54) is 0 Å². The Morgan fingerprint density at radius 3 is 2.60 bits per heavy atom. The summed E-state index contributed by atoms with van der Waals surface area (Å²) < 4.78 is 13.1. The van der Waals surface area contributed by atoms with Gasteiger partial charge >= 0.3 is 0 Å². The van der Waals surface area contributed by atoms with Gasteiger partial charge in [-0.3, -0.25) is 14.2 Å². The first kappa shape index (κ1) is 26.5. The van der Waals surface area contributed by atoms with Crippen molar-refractivity contribution in [1.29, 1.82) is 0 Å². The summed E-state index contributed by atoms with van der Waals surface area (Å²) in [5.41, 5.74) is 3.96. The largest absolute Gasteiger partial charge is 0.494 e. The molecule has 2 aliphatic heterocycles. The summed E-state index contributed by atoms with van der Waals surface area (Å²) in [5.74, 6) is 1.07. The van der Waals surface area contributed by atoms with Crippen LogP contribution in [0.25, 0.3) is 17.0 Å². The van der Waals surface area contributed by atoms with Crippen molar-refractivity contribution in [2.45, 2.75) is 6.17 Å². The number of piperazine rings is 1. The third-order valence-electron chi connectivity index (χ3n) is 7.43. The maximum Gasteiger partial charge on any atom is 0.227 e. The number of fused-ring (bicyclic) bond motifs is 1. The topological polar surface area (TPSA) is 100 Å². The highest BCUT2D eigenvalue weighted by Gasteiger charge is 2.29. The number of morpholine rings is 1. The Morgan fingerprint density at radius 2 is 1.82 bits per heavy atom. The standard InChI is InChI=1S/C28H31ClN8O3/c1-39-24-16-20(34-8-10-35(11-9-34)26(19-38)36-12-14-40-15-13-36)5-6-22(24)32-28-31-17-21(29)27(33-28)23-18-30-25-4-2-3-7-37(23)25/h2-7,16-19,26H,8-15H2,1H3,(H,31,32,33). The Kier molecular flexibility index (Phi) is 7.78. The summed E-state index contributed by atoms with van der Waals surface area (Å²) in [5, 5.41) is 3.71. The number of halogens is 1. The van der Waals surface area contributed by atoms with Crippen LogP contribution < -0.4 is 15.0 Å². The van der Waals surface area contributed by atoms with E-state index in [4.69, 9.17) is 26.1 Å². The molecule has 12 heteroatoms. The monoisotopic (exact) mass is 562 g/mol. The van der Waals surface area contributed by atoms with Crippen LogP contribution >= 0.6 is 11.6 Å². The number of hydrogen-bond donors (Lipinski definition) is 1. The van der Waals surface area contributed by atoms with Crippen LogP contribution in [0.2, 0.25) is 5.02 Å². The highest BCUT2D eigenvalue weighted by molar-refractivity contribution is 6.32. The van der Waals surface area contributed by atoms with Crippen molar-refractivity contribution in [3.63, 3.8) is 0 Å². The van der Waals surface area contributed by atoms with E-state index in [2.05, 4.69) is 36.1 Å². The summed E-state index contributed by atoms with van der Waals surface area (Å²) in [6.07, 6.45) is 6.12. The van der Waals surface area contributed by atoms with Gasteiger partial charge in [-0.05, 0) is 24.3 Å². The fraction of sp³-hybridized carbons (Fsp3) is 0.357. The molecule has 1 unspecified atom stereocenters. The number of nitrogens with one attached hydrogen (secondary N) is 1. The molecule has 0 radical (unpaired) electrons. The van der Waals surface area contributed by atoms with Gasteiger partial charge in [0.05, 0.1) is 49.1 Å². The average Bonchev–Trinajstić information content (AvgIpc) is 3.44. The number of carbonyl (C=O) groups is 1. The summed E-state index contributed by atoms with van der Waals surface area (Å²) in [6.45, 7) is 6.14. The fourth-order valence-corrected chi connectivity index (χ4v) is 5.49. The molecule has 5 heterocycles. The van der Waals surface area contributed by atoms with Crippen molar-refractivity contribution in [3.8, 4) is 17.1 Å². The lowest BCUT2D eigenvalue weighted by Crippen LogP contribution is -2.58. The van der Waals surface area contributed by atoms with Crippen molar-refractivity contribution in [1.82, 2.24) is 29.2 Å². The van der Waals surface area contributed by atoms with Gasteiger partial charge in [-0.25, -0.2) is 15.0 Å². The van der Waals surface area contributed by atoms with E-state index in [-0.39, 0.29) is 6.17 Å². The van der Waals surface area contributed by atoms with Crippen LogP contribution in [0.1, 0.15) is 0 Å². The number of nitrogens with zero attached hydrogens (tertiary/aromatic N) is 7. The van der Waals surface area contributed by atoms with E-state index in [1.54, 1.807) is 19.5 Å². The number of ether oxygens (including phenoxy) is 2. The minimum Gasteiger partial charge on any atom is -0.494 e. The maximum absolute atomic E-state index is 11.9. The summed E-state index contributed by atoms with van der Waals surface area (Å²) in [7, 11) is 1.64. The van der Waals surface area contributed by atoms with Crippen LogP contribution in [0.5, 0.6) is 5.75 Å². The molecule has 208 valence electrons. The molecule has 2 aliphatic rings. The molecule has 2 fully saturated rings. The molecule has 4 aromatic rings. The van der Waals surface area contributed by atoms with Crippen molar-refractivity contribution < 1.29 is 14.3 Å². The molecule has 0 bridgehead atoms. The summed E-state index contributed by atoms with van der Waals surface area (Å²) in [6, 6.07) is 11.8.